The van der Waals surface area contributed by atoms with Gasteiger partial charge in [-0.2, -0.15) is 13.2 Å². The number of hydrogen-bond acceptors (Lipinski definition) is 8. The Hall–Kier alpha value is -4.27. The predicted octanol–water partition coefficient (Wildman–Crippen LogP) is 3.75. The molecular formula is C34H36F3N3O7S. The molecule has 256 valence electrons. The smallest absolute Gasteiger partial charge is 0.394 e. The van der Waals surface area contributed by atoms with Crippen molar-refractivity contribution in [3.8, 4) is 0 Å². The van der Waals surface area contributed by atoms with E-state index in [4.69, 9.17) is 4.74 Å². The van der Waals surface area contributed by atoms with Crippen molar-refractivity contribution in [1.82, 2.24) is 10.2 Å². The molecule has 2 amide bonds. The number of aliphatic hydroxyl groups is 1. The highest BCUT2D eigenvalue weighted by molar-refractivity contribution is 7.91. The number of nitrogens with zero attached hydrogens (tertiary/aromatic N) is 2. The van der Waals surface area contributed by atoms with E-state index in [-0.39, 0.29) is 48.2 Å². The summed E-state index contributed by atoms with van der Waals surface area (Å²) >= 11 is 0. The lowest BCUT2D eigenvalue weighted by molar-refractivity contribution is -0.147. The number of aliphatic hydroxyl groups excluding tert-OH is 1. The van der Waals surface area contributed by atoms with Gasteiger partial charge in [0.2, 0.25) is 5.78 Å². The summed E-state index contributed by atoms with van der Waals surface area (Å²) in [6.45, 7) is 2.53. The zero-order chi connectivity index (χ0) is 34.6. The average Bonchev–Trinajstić information content (AvgIpc) is 3.55. The number of ketones is 1. The fraction of sp³-hybridized carbons (Fsp3) is 0.382. The highest BCUT2D eigenvalue weighted by Gasteiger charge is 2.42. The van der Waals surface area contributed by atoms with Gasteiger partial charge < -0.3 is 25.0 Å². The minimum atomic E-state index is -4.49. The molecular weight excluding hydrogens is 651 g/mol. The van der Waals surface area contributed by atoms with Gasteiger partial charge in [-0.3, -0.25) is 14.4 Å². The summed E-state index contributed by atoms with van der Waals surface area (Å²) in [6, 6.07) is 15.3. The maximum atomic E-state index is 13.6. The summed E-state index contributed by atoms with van der Waals surface area (Å²) < 4.78 is 69.1. The van der Waals surface area contributed by atoms with Gasteiger partial charge in [-0.15, -0.1) is 0 Å². The van der Waals surface area contributed by atoms with Crippen LogP contribution < -0.4 is 10.2 Å². The van der Waals surface area contributed by atoms with Crippen LogP contribution in [0.3, 0.4) is 0 Å². The molecule has 10 nitrogen and oxygen atoms in total. The minimum absolute atomic E-state index is 0.0608. The summed E-state index contributed by atoms with van der Waals surface area (Å²) in [5.41, 5.74) is 1.12. The molecule has 2 saturated heterocycles. The predicted molar refractivity (Wildman–Crippen MR) is 170 cm³/mol. The third kappa shape index (κ3) is 7.71. The van der Waals surface area contributed by atoms with Gasteiger partial charge in [-0.05, 0) is 66.1 Å². The molecule has 3 aromatic rings. The molecule has 0 aromatic heterocycles. The summed E-state index contributed by atoms with van der Waals surface area (Å²) in [5, 5.41) is 12.7. The zero-order valence-electron chi connectivity index (χ0n) is 26.2. The van der Waals surface area contributed by atoms with Crippen LogP contribution in [0.4, 0.5) is 18.9 Å². The molecule has 0 saturated carbocycles. The molecule has 0 bridgehead atoms. The van der Waals surface area contributed by atoms with Gasteiger partial charge in [0.05, 0.1) is 48.1 Å². The number of alkyl halides is 3. The van der Waals surface area contributed by atoms with E-state index in [1.807, 2.05) is 0 Å². The van der Waals surface area contributed by atoms with Crippen LogP contribution in [0.2, 0.25) is 0 Å². The van der Waals surface area contributed by atoms with Crippen molar-refractivity contribution in [3.05, 3.63) is 95.1 Å². The number of rotatable bonds is 10. The largest absolute Gasteiger partial charge is 0.416 e. The van der Waals surface area contributed by atoms with E-state index < -0.39 is 57.9 Å². The maximum absolute atomic E-state index is 13.6. The Balaban J connectivity index is 1.34. The number of carbonyl (C=O) groups is 3. The average molecular weight is 688 g/mol. The molecule has 2 aliphatic heterocycles. The van der Waals surface area contributed by atoms with E-state index in [2.05, 4.69) is 5.32 Å². The second-order valence-corrected chi connectivity index (χ2v) is 14.0. The molecule has 0 spiro atoms. The Morgan fingerprint density at radius 2 is 1.58 bits per heavy atom. The van der Waals surface area contributed by atoms with Crippen LogP contribution in [0.1, 0.15) is 52.4 Å². The fourth-order valence-electron chi connectivity index (χ4n) is 5.97. The Kier molecular flexibility index (Phi) is 10.6. The lowest BCUT2D eigenvalue weighted by Crippen LogP contribution is -2.49. The monoisotopic (exact) mass is 687 g/mol. The third-order valence-corrected chi connectivity index (χ3v) is 10.5. The van der Waals surface area contributed by atoms with E-state index >= 15 is 0 Å². The highest BCUT2D eigenvalue weighted by atomic mass is 32.2. The van der Waals surface area contributed by atoms with Gasteiger partial charge in [0.15, 0.2) is 9.84 Å². The van der Waals surface area contributed by atoms with Crippen LogP contribution in [0.15, 0.2) is 77.7 Å². The number of Topliss-reactive ketones (excluding diaryl/α,β-unsaturated/α-hetero) is 1. The van der Waals surface area contributed by atoms with Gasteiger partial charge in [0, 0.05) is 36.8 Å². The number of anilines is 1. The van der Waals surface area contributed by atoms with Gasteiger partial charge in [-0.1, -0.05) is 31.2 Å². The molecule has 2 aliphatic rings. The number of morpholine rings is 1. The standard InChI is InChI=1S/C34H36F3N3O7S/c1-2-48(45,46)28-13-7-23(8-14-28)29(21-41)38-32(43)24-5-11-27(12-6-24)40-20-25(22-3-9-26(10-4-22)34(35,36)37)19-30(40)31(42)33(44)39-15-17-47-18-16-39/h3-14,25,29-30,41H,2,15-21H2,1H3,(H,38,43)/t25?,29-,30-/m0/s1. The first-order chi connectivity index (χ1) is 22.8. The van der Waals surface area contributed by atoms with Crippen molar-refractivity contribution in [1.29, 1.82) is 0 Å². The molecule has 1 unspecified atom stereocenters. The first-order valence-corrected chi connectivity index (χ1v) is 17.2. The van der Waals surface area contributed by atoms with E-state index in [1.165, 1.54) is 60.4 Å². The van der Waals surface area contributed by atoms with E-state index in [1.54, 1.807) is 17.0 Å². The fourth-order valence-corrected chi connectivity index (χ4v) is 6.86. The van der Waals surface area contributed by atoms with Crippen molar-refractivity contribution in [2.75, 3.05) is 50.1 Å². The molecule has 3 atom stereocenters. The van der Waals surface area contributed by atoms with Crippen LogP contribution in [0.25, 0.3) is 0 Å². The Morgan fingerprint density at radius 3 is 2.15 bits per heavy atom. The number of benzene rings is 3. The molecule has 0 aliphatic carbocycles. The Labute approximate surface area is 276 Å². The molecule has 14 heteroatoms. The molecule has 48 heavy (non-hydrogen) atoms. The third-order valence-electron chi connectivity index (χ3n) is 8.79. The molecule has 3 aromatic carbocycles. The summed E-state index contributed by atoms with van der Waals surface area (Å²) in [5.74, 6) is -2.19. The Bertz CT molecular complexity index is 1730. The SMILES string of the molecule is CCS(=O)(=O)c1ccc([C@H](CO)NC(=O)c2ccc(N3CC(c4ccc(C(F)(F)F)cc4)C[C@H]3C(=O)C(=O)N3CCOCC3)cc2)cc1. The lowest BCUT2D eigenvalue weighted by Gasteiger charge is -2.30. The van der Waals surface area contributed by atoms with Crippen molar-refractivity contribution < 1.29 is 45.8 Å². The van der Waals surface area contributed by atoms with E-state index in [9.17, 15) is 41.1 Å². The van der Waals surface area contributed by atoms with Crippen LogP contribution in [-0.4, -0.2) is 87.3 Å². The van der Waals surface area contributed by atoms with Crippen molar-refractivity contribution in [2.24, 2.45) is 0 Å². The summed E-state index contributed by atoms with van der Waals surface area (Å²) in [6.07, 6.45) is -4.28. The second kappa shape index (κ2) is 14.5. The van der Waals surface area contributed by atoms with Crippen molar-refractivity contribution >= 4 is 33.1 Å². The molecule has 2 N–H and O–H groups in total. The van der Waals surface area contributed by atoms with Gasteiger partial charge >= 0.3 is 6.18 Å². The molecule has 0 radical (unpaired) electrons. The number of amides is 2. The van der Waals surface area contributed by atoms with Crippen LogP contribution in [0, 0.1) is 0 Å². The number of ether oxygens (including phenoxy) is 1. The van der Waals surface area contributed by atoms with Crippen LogP contribution in [-0.2, 0) is 30.3 Å². The molecule has 2 fully saturated rings. The van der Waals surface area contributed by atoms with Gasteiger partial charge in [0.1, 0.15) is 0 Å². The lowest BCUT2D eigenvalue weighted by atomic mass is 9.94. The Morgan fingerprint density at radius 1 is 0.958 bits per heavy atom. The normalized spacial score (nSPS) is 19.2. The number of nitrogens with one attached hydrogen (secondary N) is 1. The van der Waals surface area contributed by atoms with Crippen molar-refractivity contribution in [3.63, 3.8) is 0 Å². The summed E-state index contributed by atoms with van der Waals surface area (Å²) in [4.78, 5) is 43.3. The second-order valence-electron chi connectivity index (χ2n) is 11.7. The van der Waals surface area contributed by atoms with E-state index in [0.717, 1.165) is 12.1 Å². The highest BCUT2D eigenvalue weighted by Crippen LogP contribution is 2.37. The molecule has 2 heterocycles. The quantitative estimate of drug-likeness (QED) is 0.308. The van der Waals surface area contributed by atoms with E-state index in [0.29, 0.717) is 30.0 Å². The topological polar surface area (TPSA) is 133 Å². The first-order valence-electron chi connectivity index (χ1n) is 15.5. The number of hydrogen-bond donors (Lipinski definition) is 2. The molecule has 5 rings (SSSR count). The summed E-state index contributed by atoms with van der Waals surface area (Å²) in [7, 11) is -3.41. The number of halogens is 3. The number of sulfone groups is 1. The van der Waals surface area contributed by atoms with Gasteiger partial charge in [0.25, 0.3) is 11.8 Å². The van der Waals surface area contributed by atoms with Crippen LogP contribution in [0.5, 0.6) is 0 Å². The zero-order valence-corrected chi connectivity index (χ0v) is 27.0. The maximum Gasteiger partial charge on any atom is 0.416 e. The van der Waals surface area contributed by atoms with Crippen LogP contribution >= 0.6 is 0 Å². The number of carbonyl (C=O) groups excluding carboxylic acids is 3. The van der Waals surface area contributed by atoms with Crippen molar-refractivity contribution in [2.45, 2.75) is 42.4 Å². The minimum Gasteiger partial charge on any atom is -0.394 e. The first kappa shape index (κ1) is 35.0. The van der Waals surface area contributed by atoms with Gasteiger partial charge in [-0.25, -0.2) is 8.42 Å².